The highest BCUT2D eigenvalue weighted by atomic mass is 16.5. The molecule has 2 aromatic rings. The number of quaternary nitrogens is 1. The van der Waals surface area contributed by atoms with Gasteiger partial charge in [-0.25, -0.2) is 0 Å². The number of benzene rings is 2. The van der Waals surface area contributed by atoms with Gasteiger partial charge in [-0.3, -0.25) is 0 Å². The monoisotopic (exact) mass is 310 g/mol. The molecule has 3 heteroatoms. The molecule has 0 saturated carbocycles. The van der Waals surface area contributed by atoms with Crippen molar-refractivity contribution in [3.05, 3.63) is 58.7 Å². The summed E-state index contributed by atoms with van der Waals surface area (Å²) in [7, 11) is 5.83. The maximum absolute atomic E-state index is 5.57. The van der Waals surface area contributed by atoms with Gasteiger partial charge < -0.3 is 14.0 Å². The van der Waals surface area contributed by atoms with Crippen molar-refractivity contribution in [2.75, 3.05) is 34.4 Å². The van der Waals surface area contributed by atoms with Crippen molar-refractivity contribution in [1.82, 2.24) is 0 Å². The van der Waals surface area contributed by atoms with Crippen LogP contribution in [0.5, 0.6) is 11.5 Å². The second-order valence-corrected chi connectivity index (χ2v) is 6.93. The molecule has 4 rings (SSSR count). The summed E-state index contributed by atoms with van der Waals surface area (Å²) >= 11 is 0. The Balaban J connectivity index is 1.93. The highest BCUT2D eigenvalue weighted by molar-refractivity contribution is 5.52. The zero-order chi connectivity index (χ0) is 16.0. The Labute approximate surface area is 138 Å². The van der Waals surface area contributed by atoms with Crippen LogP contribution in [0.4, 0.5) is 0 Å². The van der Waals surface area contributed by atoms with E-state index in [0.29, 0.717) is 6.04 Å². The van der Waals surface area contributed by atoms with Crippen molar-refractivity contribution in [3.8, 4) is 11.5 Å². The molecule has 2 heterocycles. The van der Waals surface area contributed by atoms with Crippen molar-refractivity contribution >= 4 is 0 Å². The van der Waals surface area contributed by atoms with E-state index in [4.69, 9.17) is 9.47 Å². The summed E-state index contributed by atoms with van der Waals surface area (Å²) in [5, 5.41) is 0. The molecule has 23 heavy (non-hydrogen) atoms. The fourth-order valence-corrected chi connectivity index (χ4v) is 4.40. The third kappa shape index (κ3) is 2.14. The topological polar surface area (TPSA) is 18.5 Å². The molecular weight excluding hydrogens is 286 g/mol. The first-order valence-electron chi connectivity index (χ1n) is 8.33. The first kappa shape index (κ1) is 14.6. The smallest absolute Gasteiger partial charge is 0.161 e. The van der Waals surface area contributed by atoms with Crippen LogP contribution >= 0.6 is 0 Å². The molecule has 0 N–H and O–H groups in total. The number of fused-ring (bicyclic) bond motifs is 5. The number of hydrogen-bond donors (Lipinski definition) is 0. The first-order valence-corrected chi connectivity index (χ1v) is 8.33. The van der Waals surface area contributed by atoms with Crippen LogP contribution in [0.15, 0.2) is 36.4 Å². The van der Waals surface area contributed by atoms with Crippen LogP contribution in [-0.2, 0) is 12.8 Å². The lowest BCUT2D eigenvalue weighted by molar-refractivity contribution is -0.937. The number of likely N-dealkylation sites (N-methyl/N-ethyl adjacent to an activating group) is 1. The van der Waals surface area contributed by atoms with Crippen LogP contribution in [-0.4, -0.2) is 38.8 Å². The van der Waals surface area contributed by atoms with Gasteiger partial charge in [-0.15, -0.1) is 0 Å². The van der Waals surface area contributed by atoms with E-state index in [9.17, 15) is 0 Å². The van der Waals surface area contributed by atoms with Gasteiger partial charge in [0.1, 0.15) is 6.04 Å². The summed E-state index contributed by atoms with van der Waals surface area (Å²) in [5.74, 6) is 1.68. The maximum atomic E-state index is 5.57. The van der Waals surface area contributed by atoms with Crippen LogP contribution in [0.1, 0.15) is 28.3 Å². The summed E-state index contributed by atoms with van der Waals surface area (Å²) in [6.45, 7) is 2.39. The minimum Gasteiger partial charge on any atom is -0.493 e. The van der Waals surface area contributed by atoms with Gasteiger partial charge >= 0.3 is 0 Å². The van der Waals surface area contributed by atoms with E-state index in [1.807, 2.05) is 0 Å². The normalized spacial score (nSPS) is 25.1. The van der Waals surface area contributed by atoms with Crippen molar-refractivity contribution in [2.45, 2.75) is 18.9 Å². The minimum absolute atomic E-state index is 0.406. The van der Waals surface area contributed by atoms with Crippen LogP contribution in [0.25, 0.3) is 0 Å². The van der Waals surface area contributed by atoms with Crippen molar-refractivity contribution < 1.29 is 14.0 Å². The second-order valence-electron chi connectivity index (χ2n) is 6.93. The van der Waals surface area contributed by atoms with E-state index >= 15 is 0 Å². The van der Waals surface area contributed by atoms with Crippen LogP contribution < -0.4 is 9.47 Å². The van der Waals surface area contributed by atoms with Crippen LogP contribution in [0, 0.1) is 0 Å². The quantitative estimate of drug-likeness (QED) is 0.792. The standard InChI is InChI=1S/C20H24NO2/c1-21-10-8-14-6-4-5-7-16(14)20(21)17-13-19(23-3)18(22-2)12-15(17)9-11-21/h4-7,12-13,20H,8-11H2,1-3H3/q+1. The molecule has 0 spiro atoms. The van der Waals surface area contributed by atoms with Gasteiger partial charge in [-0.2, -0.15) is 0 Å². The molecule has 2 aliphatic rings. The number of nitrogens with zero attached hydrogens (tertiary/aromatic N) is 1. The lowest BCUT2D eigenvalue weighted by atomic mass is 9.80. The van der Waals surface area contributed by atoms with E-state index < -0.39 is 0 Å². The fourth-order valence-electron chi connectivity index (χ4n) is 4.40. The molecule has 2 aromatic carbocycles. The molecule has 0 amide bonds. The molecular formula is C20H24NO2+. The third-order valence-corrected chi connectivity index (χ3v) is 5.70. The van der Waals surface area contributed by atoms with E-state index in [1.165, 1.54) is 41.8 Å². The second kappa shape index (κ2) is 5.27. The number of hydrogen-bond acceptors (Lipinski definition) is 2. The van der Waals surface area contributed by atoms with Crippen molar-refractivity contribution in [1.29, 1.82) is 0 Å². The predicted octanol–water partition coefficient (Wildman–Crippen LogP) is 3.35. The van der Waals surface area contributed by atoms with Gasteiger partial charge in [0, 0.05) is 24.0 Å². The van der Waals surface area contributed by atoms with Gasteiger partial charge in [-0.05, 0) is 23.3 Å². The predicted molar refractivity (Wildman–Crippen MR) is 91.2 cm³/mol. The van der Waals surface area contributed by atoms with E-state index in [2.05, 4.69) is 43.4 Å². The molecule has 120 valence electrons. The number of rotatable bonds is 2. The van der Waals surface area contributed by atoms with Crippen molar-refractivity contribution in [3.63, 3.8) is 0 Å². The zero-order valence-corrected chi connectivity index (χ0v) is 14.1. The maximum Gasteiger partial charge on any atom is 0.161 e. The Kier molecular flexibility index (Phi) is 3.34. The summed E-state index contributed by atoms with van der Waals surface area (Å²) < 4.78 is 12.2. The van der Waals surface area contributed by atoms with Crippen LogP contribution in [0.3, 0.4) is 0 Å². The minimum atomic E-state index is 0.406. The van der Waals surface area contributed by atoms with E-state index in [1.54, 1.807) is 14.2 Å². The number of methoxy groups -OCH3 is 2. The Morgan fingerprint density at radius 1 is 0.870 bits per heavy atom. The zero-order valence-electron chi connectivity index (χ0n) is 14.1. The molecule has 0 bridgehead atoms. The van der Waals surface area contributed by atoms with Gasteiger partial charge in [0.2, 0.25) is 0 Å². The Morgan fingerprint density at radius 3 is 2.26 bits per heavy atom. The third-order valence-electron chi connectivity index (χ3n) is 5.70. The first-order chi connectivity index (χ1) is 11.2. The summed E-state index contributed by atoms with van der Waals surface area (Å²) in [5.41, 5.74) is 5.79. The average Bonchev–Trinajstić information content (AvgIpc) is 2.59. The summed E-state index contributed by atoms with van der Waals surface area (Å²) in [6, 6.07) is 13.7. The lowest BCUT2D eigenvalue weighted by Crippen LogP contribution is -2.54. The largest absolute Gasteiger partial charge is 0.493 e. The number of ether oxygens (including phenoxy) is 2. The van der Waals surface area contributed by atoms with Gasteiger partial charge in [-0.1, -0.05) is 24.3 Å². The molecule has 0 radical (unpaired) electrons. The molecule has 2 atom stereocenters. The van der Waals surface area contributed by atoms with Gasteiger partial charge in [0.15, 0.2) is 11.5 Å². The summed E-state index contributed by atoms with van der Waals surface area (Å²) in [4.78, 5) is 0. The highest BCUT2D eigenvalue weighted by Gasteiger charge is 2.44. The Morgan fingerprint density at radius 2 is 1.52 bits per heavy atom. The lowest BCUT2D eigenvalue weighted by Gasteiger charge is -2.49. The Hall–Kier alpha value is -2.00. The van der Waals surface area contributed by atoms with Crippen molar-refractivity contribution in [2.24, 2.45) is 0 Å². The molecule has 2 unspecified atom stereocenters. The van der Waals surface area contributed by atoms with Gasteiger partial charge in [0.25, 0.3) is 0 Å². The van der Waals surface area contributed by atoms with E-state index in [-0.39, 0.29) is 0 Å². The molecule has 3 nitrogen and oxygen atoms in total. The highest BCUT2D eigenvalue weighted by Crippen LogP contribution is 2.46. The SMILES string of the molecule is COc1cc2c(cc1OC)C1c3ccccc3CC[N+]1(C)CC2. The van der Waals surface area contributed by atoms with Gasteiger partial charge in [0.05, 0.1) is 34.4 Å². The molecule has 0 fully saturated rings. The molecule has 0 aromatic heterocycles. The molecule has 2 aliphatic heterocycles. The molecule has 0 aliphatic carbocycles. The summed E-state index contributed by atoms with van der Waals surface area (Å²) in [6.07, 6.45) is 2.27. The average molecular weight is 310 g/mol. The molecule has 0 saturated heterocycles. The fraction of sp³-hybridized carbons (Fsp3) is 0.400. The van der Waals surface area contributed by atoms with Crippen LogP contribution in [0.2, 0.25) is 0 Å². The van der Waals surface area contributed by atoms with E-state index in [0.717, 1.165) is 22.4 Å². The Bertz CT molecular complexity index is 755.